The van der Waals surface area contributed by atoms with Gasteiger partial charge in [0, 0.05) is 30.7 Å². The van der Waals surface area contributed by atoms with Gasteiger partial charge >= 0.3 is 0 Å². The molecule has 0 N–H and O–H groups in total. The number of ketones is 1. The molecule has 0 unspecified atom stereocenters. The van der Waals surface area contributed by atoms with E-state index in [1.54, 1.807) is 29.2 Å². The van der Waals surface area contributed by atoms with E-state index in [-0.39, 0.29) is 11.4 Å². The van der Waals surface area contributed by atoms with E-state index in [9.17, 15) is 9.59 Å². The van der Waals surface area contributed by atoms with Crippen LogP contribution in [0.2, 0.25) is 0 Å². The van der Waals surface area contributed by atoms with Crippen molar-refractivity contribution < 1.29 is 9.59 Å². The van der Waals surface area contributed by atoms with Crippen LogP contribution in [-0.2, 0) is 4.79 Å². The van der Waals surface area contributed by atoms with E-state index in [1.807, 2.05) is 6.07 Å². The Kier molecular flexibility index (Phi) is 4.83. The molecule has 4 rings (SSSR count). The zero-order valence-electron chi connectivity index (χ0n) is 15.8. The number of likely N-dealkylation sites (tertiary alicyclic amines) is 2. The van der Waals surface area contributed by atoms with Crippen LogP contribution in [0.25, 0.3) is 0 Å². The molecule has 2 aromatic carbocycles. The van der Waals surface area contributed by atoms with Gasteiger partial charge in [-0.25, -0.2) is 0 Å². The minimum atomic E-state index is -0.395. The predicted octanol–water partition coefficient (Wildman–Crippen LogP) is 3.35. The fourth-order valence-corrected chi connectivity index (χ4v) is 4.72. The third kappa shape index (κ3) is 3.42. The molecule has 0 bridgehead atoms. The first-order chi connectivity index (χ1) is 13.1. The van der Waals surface area contributed by atoms with Gasteiger partial charge in [-0.15, -0.1) is 0 Å². The van der Waals surface area contributed by atoms with Crippen LogP contribution in [0.15, 0.2) is 60.7 Å². The lowest BCUT2D eigenvalue weighted by molar-refractivity contribution is -0.128. The van der Waals surface area contributed by atoms with Gasteiger partial charge in [0.15, 0.2) is 0 Å². The summed E-state index contributed by atoms with van der Waals surface area (Å²) in [5, 5.41) is 0. The van der Waals surface area contributed by atoms with E-state index in [2.05, 4.69) is 42.3 Å². The lowest BCUT2D eigenvalue weighted by Gasteiger charge is -2.43. The first kappa shape index (κ1) is 17.9. The molecule has 0 saturated carbocycles. The average Bonchev–Trinajstić information content (AvgIpc) is 3.05. The monoisotopic (exact) mass is 362 g/mol. The molecule has 1 amide bonds. The first-order valence-electron chi connectivity index (χ1n) is 9.74. The van der Waals surface area contributed by atoms with Crippen LogP contribution in [0.4, 0.5) is 0 Å². The summed E-state index contributed by atoms with van der Waals surface area (Å²) in [6, 6.07) is 19.6. The summed E-state index contributed by atoms with van der Waals surface area (Å²) in [5.41, 5.74) is 2.02. The Balaban J connectivity index is 1.41. The smallest absolute Gasteiger partial charge is 0.294 e. The maximum atomic E-state index is 12.6. The molecule has 140 valence electrons. The number of likely N-dealkylation sites (N-methyl/N-ethyl adjacent to an activating group) is 1. The van der Waals surface area contributed by atoms with Crippen molar-refractivity contribution in [3.8, 4) is 0 Å². The third-order valence-electron chi connectivity index (χ3n) is 6.41. The molecular formula is C23H26N2O2. The van der Waals surface area contributed by atoms with Gasteiger partial charge in [-0.1, -0.05) is 60.7 Å². The van der Waals surface area contributed by atoms with Crippen LogP contribution in [0.3, 0.4) is 0 Å². The lowest BCUT2D eigenvalue weighted by atomic mass is 9.81. The minimum Gasteiger partial charge on any atom is -0.336 e. The zero-order valence-corrected chi connectivity index (χ0v) is 15.8. The normalized spacial score (nSPS) is 22.1. The summed E-state index contributed by atoms with van der Waals surface area (Å²) in [4.78, 5) is 29.3. The van der Waals surface area contributed by atoms with Crippen molar-refractivity contribution >= 4 is 11.7 Å². The van der Waals surface area contributed by atoms with E-state index in [4.69, 9.17) is 0 Å². The fraction of sp³-hybridized carbons (Fsp3) is 0.391. The van der Waals surface area contributed by atoms with Crippen LogP contribution in [0, 0.1) is 0 Å². The van der Waals surface area contributed by atoms with Crippen LogP contribution < -0.4 is 0 Å². The van der Waals surface area contributed by atoms with Crippen LogP contribution in [0.1, 0.15) is 41.1 Å². The maximum absolute atomic E-state index is 12.6. The van der Waals surface area contributed by atoms with Crippen molar-refractivity contribution in [2.45, 2.75) is 30.7 Å². The lowest BCUT2D eigenvalue weighted by Crippen LogP contribution is -2.53. The summed E-state index contributed by atoms with van der Waals surface area (Å²) in [5.74, 6) is -0.214. The van der Waals surface area contributed by atoms with Crippen LogP contribution >= 0.6 is 0 Å². The van der Waals surface area contributed by atoms with Crippen molar-refractivity contribution in [1.82, 2.24) is 9.80 Å². The summed E-state index contributed by atoms with van der Waals surface area (Å²) in [7, 11) is 2.20. The molecule has 1 atom stereocenters. The maximum Gasteiger partial charge on any atom is 0.294 e. The third-order valence-corrected chi connectivity index (χ3v) is 6.41. The summed E-state index contributed by atoms with van der Waals surface area (Å²) >= 11 is 0. The molecule has 4 heteroatoms. The number of Topliss-reactive ketones (excluding diaryl/α,β-unsaturated/α-hetero) is 1. The molecule has 2 heterocycles. The molecule has 2 fully saturated rings. The van der Waals surface area contributed by atoms with Gasteiger partial charge in [0.2, 0.25) is 5.78 Å². The molecule has 0 aromatic heterocycles. The van der Waals surface area contributed by atoms with Crippen LogP contribution in [-0.4, -0.2) is 53.7 Å². The number of benzene rings is 2. The number of carbonyl (C=O) groups excluding carboxylic acids is 2. The zero-order chi connectivity index (χ0) is 18.9. The highest BCUT2D eigenvalue weighted by molar-refractivity contribution is 6.42. The average molecular weight is 362 g/mol. The van der Waals surface area contributed by atoms with Gasteiger partial charge in [-0.05, 0) is 37.8 Å². The van der Waals surface area contributed by atoms with Crippen molar-refractivity contribution in [1.29, 1.82) is 0 Å². The number of carbonyl (C=O) groups is 2. The van der Waals surface area contributed by atoms with Crippen LogP contribution in [0.5, 0.6) is 0 Å². The second kappa shape index (κ2) is 7.28. The number of nitrogens with zero attached hydrogens (tertiary/aromatic N) is 2. The quantitative estimate of drug-likeness (QED) is 0.621. The summed E-state index contributed by atoms with van der Waals surface area (Å²) in [6.45, 7) is 2.37. The minimum absolute atomic E-state index is 0.146. The molecule has 1 spiro atoms. The first-order valence-corrected chi connectivity index (χ1v) is 9.74. The fourth-order valence-electron chi connectivity index (χ4n) is 4.72. The van der Waals surface area contributed by atoms with Gasteiger partial charge in [0.25, 0.3) is 5.91 Å². The Morgan fingerprint density at radius 2 is 1.52 bits per heavy atom. The number of hydrogen-bond acceptors (Lipinski definition) is 3. The second-order valence-electron chi connectivity index (χ2n) is 7.90. The molecule has 2 aromatic rings. The van der Waals surface area contributed by atoms with Gasteiger partial charge in [-0.3, -0.25) is 14.5 Å². The molecule has 2 saturated heterocycles. The van der Waals surface area contributed by atoms with Gasteiger partial charge in [-0.2, -0.15) is 0 Å². The van der Waals surface area contributed by atoms with E-state index in [0.29, 0.717) is 24.6 Å². The summed E-state index contributed by atoms with van der Waals surface area (Å²) in [6.07, 6.45) is 2.99. The number of amides is 1. The van der Waals surface area contributed by atoms with Crippen molar-refractivity contribution in [3.05, 3.63) is 71.8 Å². The molecule has 0 radical (unpaired) electrons. The van der Waals surface area contributed by atoms with Gasteiger partial charge < -0.3 is 4.90 Å². The molecule has 0 aliphatic carbocycles. The topological polar surface area (TPSA) is 40.6 Å². The van der Waals surface area contributed by atoms with E-state index < -0.39 is 5.78 Å². The predicted molar refractivity (Wildman–Crippen MR) is 106 cm³/mol. The molecule has 4 nitrogen and oxygen atoms in total. The van der Waals surface area contributed by atoms with E-state index in [1.165, 1.54) is 5.56 Å². The van der Waals surface area contributed by atoms with Crippen molar-refractivity contribution in [3.63, 3.8) is 0 Å². The Hall–Kier alpha value is -2.46. The second-order valence-corrected chi connectivity index (χ2v) is 7.90. The van der Waals surface area contributed by atoms with Gasteiger partial charge in [0.1, 0.15) is 0 Å². The Morgan fingerprint density at radius 1 is 0.926 bits per heavy atom. The Labute approximate surface area is 160 Å². The highest BCUT2D eigenvalue weighted by Crippen LogP contribution is 2.43. The van der Waals surface area contributed by atoms with Crippen molar-refractivity contribution in [2.75, 3.05) is 26.7 Å². The standard InChI is InChI=1S/C23H26N2O2/c1-24-17-20(18-8-4-2-5-9-18)16-23(24)12-14-25(15-13-23)22(27)21(26)19-10-6-3-7-11-19/h2-11,20H,12-17H2,1H3/t20-/m0/s1. The highest BCUT2D eigenvalue weighted by atomic mass is 16.2. The SMILES string of the molecule is CN1C[C@@H](c2ccccc2)CC12CCN(C(=O)C(=O)c1ccccc1)CC2. The Bertz CT molecular complexity index is 811. The van der Waals surface area contributed by atoms with Gasteiger partial charge in [0.05, 0.1) is 0 Å². The molecular weight excluding hydrogens is 336 g/mol. The number of piperidine rings is 1. The number of rotatable bonds is 3. The van der Waals surface area contributed by atoms with E-state index in [0.717, 1.165) is 25.8 Å². The molecule has 27 heavy (non-hydrogen) atoms. The molecule has 2 aliphatic heterocycles. The van der Waals surface area contributed by atoms with E-state index >= 15 is 0 Å². The Morgan fingerprint density at radius 3 is 2.15 bits per heavy atom. The number of hydrogen-bond donors (Lipinski definition) is 0. The van der Waals surface area contributed by atoms with Crippen molar-refractivity contribution in [2.24, 2.45) is 0 Å². The summed E-state index contributed by atoms with van der Waals surface area (Å²) < 4.78 is 0. The largest absolute Gasteiger partial charge is 0.336 e. The molecule has 2 aliphatic rings. The highest BCUT2D eigenvalue weighted by Gasteiger charge is 2.46.